The quantitative estimate of drug-likeness (QED) is 0.611. The summed E-state index contributed by atoms with van der Waals surface area (Å²) >= 11 is 0. The van der Waals surface area contributed by atoms with Gasteiger partial charge in [-0.15, -0.1) is 0 Å². The Morgan fingerprint density at radius 2 is 1.89 bits per heavy atom. The van der Waals surface area contributed by atoms with E-state index in [1.165, 1.54) is 13.2 Å². The van der Waals surface area contributed by atoms with Crippen LogP contribution in [0.15, 0.2) is 59.7 Å². The fourth-order valence-corrected chi connectivity index (χ4v) is 4.93. The summed E-state index contributed by atoms with van der Waals surface area (Å²) in [6.07, 6.45) is 7.25. The first-order valence-corrected chi connectivity index (χ1v) is 9.26. The number of carbonyl (C=O) groups is 3. The van der Waals surface area contributed by atoms with Crippen LogP contribution in [-0.4, -0.2) is 24.6 Å². The van der Waals surface area contributed by atoms with Crippen LogP contribution in [0.1, 0.15) is 19.4 Å². The Labute approximate surface area is 158 Å². The number of ketones is 2. The summed E-state index contributed by atoms with van der Waals surface area (Å²) in [7, 11) is 1.28. The highest BCUT2D eigenvalue weighted by molar-refractivity contribution is 6.22. The monoisotopic (exact) mass is 362 g/mol. The highest BCUT2D eigenvalue weighted by Gasteiger charge is 2.74. The number of hydrogen-bond acceptors (Lipinski definition) is 4. The van der Waals surface area contributed by atoms with Gasteiger partial charge in [-0.25, -0.2) is 0 Å². The van der Waals surface area contributed by atoms with Gasteiger partial charge in [0.15, 0.2) is 11.6 Å². The van der Waals surface area contributed by atoms with Crippen molar-refractivity contribution in [2.24, 2.45) is 29.1 Å². The number of allylic oxidation sites excluding steroid dienone is 5. The van der Waals surface area contributed by atoms with E-state index in [0.717, 1.165) is 11.1 Å². The molecule has 1 aromatic rings. The van der Waals surface area contributed by atoms with E-state index in [-0.39, 0.29) is 29.3 Å². The molecule has 3 aliphatic carbocycles. The molecule has 0 aliphatic heterocycles. The molecule has 0 aromatic heterocycles. The third-order valence-electron chi connectivity index (χ3n) is 6.18. The number of carbonyl (C=O) groups excluding carboxylic acids is 3. The molecule has 0 N–H and O–H groups in total. The van der Waals surface area contributed by atoms with E-state index in [4.69, 9.17) is 4.74 Å². The van der Waals surface area contributed by atoms with Gasteiger partial charge in [0.25, 0.3) is 0 Å². The van der Waals surface area contributed by atoms with Crippen LogP contribution in [0.2, 0.25) is 0 Å². The Bertz CT molecular complexity index is 919. The molecule has 27 heavy (non-hydrogen) atoms. The molecule has 4 atom stereocenters. The molecule has 138 valence electrons. The van der Waals surface area contributed by atoms with E-state index in [1.54, 1.807) is 0 Å². The zero-order valence-corrected chi connectivity index (χ0v) is 15.6. The molecule has 0 heterocycles. The summed E-state index contributed by atoms with van der Waals surface area (Å²) in [6, 6.07) is 9.85. The van der Waals surface area contributed by atoms with Crippen LogP contribution in [0, 0.1) is 29.1 Å². The first-order chi connectivity index (χ1) is 12.9. The minimum atomic E-state index is -1.41. The molecule has 1 fully saturated rings. The van der Waals surface area contributed by atoms with E-state index in [1.807, 2.05) is 62.4 Å². The Balaban J connectivity index is 1.82. The van der Waals surface area contributed by atoms with Crippen molar-refractivity contribution in [3.8, 4) is 0 Å². The van der Waals surface area contributed by atoms with Gasteiger partial charge in [0.2, 0.25) is 0 Å². The molecule has 4 heteroatoms. The standard InChI is InChI=1S/C23H22O4/c1-13(2)16-12-18(24)23(22(26)27-3)17-10-9-15(19(17)20(23)21(16)25)11-14-7-5-4-6-8-14/h4-13,17,19-20H,1-3H3/b15-11-/t17-,19+,20+,23+/m1/s1. The molecule has 1 saturated carbocycles. The topological polar surface area (TPSA) is 60.4 Å². The second-order valence-electron chi connectivity index (χ2n) is 7.79. The molecule has 4 rings (SSSR count). The number of Topliss-reactive ketones (excluding diaryl/α,β-unsaturated/α-hetero) is 1. The minimum absolute atomic E-state index is 0.0629. The first-order valence-electron chi connectivity index (χ1n) is 9.26. The lowest BCUT2D eigenvalue weighted by atomic mass is 9.42. The average Bonchev–Trinajstić information content (AvgIpc) is 2.98. The van der Waals surface area contributed by atoms with Crippen LogP contribution < -0.4 is 0 Å². The van der Waals surface area contributed by atoms with E-state index >= 15 is 0 Å². The Morgan fingerprint density at radius 1 is 1.19 bits per heavy atom. The largest absolute Gasteiger partial charge is 0.468 e. The summed E-state index contributed by atoms with van der Waals surface area (Å²) in [5, 5.41) is 0. The Morgan fingerprint density at radius 3 is 2.52 bits per heavy atom. The molecular formula is C23H22O4. The van der Waals surface area contributed by atoms with Gasteiger partial charge in [0.05, 0.1) is 13.0 Å². The number of methoxy groups -OCH3 is 1. The van der Waals surface area contributed by atoms with Crippen molar-refractivity contribution in [1.29, 1.82) is 0 Å². The van der Waals surface area contributed by atoms with Gasteiger partial charge in [-0.3, -0.25) is 14.4 Å². The molecule has 1 aromatic carbocycles. The zero-order chi connectivity index (χ0) is 19.3. The number of fused-ring (bicyclic) bond motifs is 4. The highest BCUT2D eigenvalue weighted by Crippen LogP contribution is 2.66. The van der Waals surface area contributed by atoms with Crippen LogP contribution in [0.3, 0.4) is 0 Å². The third-order valence-corrected chi connectivity index (χ3v) is 6.18. The first kappa shape index (κ1) is 17.7. The molecule has 0 radical (unpaired) electrons. The van der Waals surface area contributed by atoms with E-state index in [0.29, 0.717) is 5.57 Å². The molecule has 0 saturated heterocycles. The number of ether oxygens (including phenoxy) is 1. The normalized spacial score (nSPS) is 32.8. The molecule has 0 spiro atoms. The molecule has 0 amide bonds. The summed E-state index contributed by atoms with van der Waals surface area (Å²) in [5.74, 6) is -2.23. The summed E-state index contributed by atoms with van der Waals surface area (Å²) in [6.45, 7) is 3.79. The molecule has 0 bridgehead atoms. The van der Waals surface area contributed by atoms with Gasteiger partial charge in [0.1, 0.15) is 5.41 Å². The lowest BCUT2D eigenvalue weighted by molar-refractivity contribution is -0.185. The van der Waals surface area contributed by atoms with E-state index in [9.17, 15) is 14.4 Å². The number of hydrogen-bond donors (Lipinski definition) is 0. The van der Waals surface area contributed by atoms with E-state index < -0.39 is 17.3 Å². The SMILES string of the molecule is COC(=O)[C@@]12C(=O)C=C(C(C)C)C(=O)[C@@H]1[C@H]1/C(=C\c3ccccc3)C=C[C@H]12. The smallest absolute Gasteiger partial charge is 0.321 e. The second-order valence-corrected chi connectivity index (χ2v) is 7.79. The molecule has 0 unspecified atom stereocenters. The maximum absolute atomic E-state index is 13.3. The zero-order valence-electron chi connectivity index (χ0n) is 15.6. The average molecular weight is 362 g/mol. The van der Waals surface area contributed by atoms with Crippen LogP contribution in [0.5, 0.6) is 0 Å². The van der Waals surface area contributed by atoms with Crippen molar-refractivity contribution in [1.82, 2.24) is 0 Å². The van der Waals surface area contributed by atoms with Crippen molar-refractivity contribution >= 4 is 23.6 Å². The van der Waals surface area contributed by atoms with Gasteiger partial charge in [0, 0.05) is 17.4 Å². The van der Waals surface area contributed by atoms with Crippen LogP contribution in [0.4, 0.5) is 0 Å². The van der Waals surface area contributed by atoms with Crippen LogP contribution in [-0.2, 0) is 19.1 Å². The fraction of sp³-hybridized carbons (Fsp3) is 0.348. The van der Waals surface area contributed by atoms with Gasteiger partial charge in [-0.05, 0) is 23.1 Å². The highest BCUT2D eigenvalue weighted by atomic mass is 16.5. The van der Waals surface area contributed by atoms with Gasteiger partial charge in [-0.1, -0.05) is 62.4 Å². The number of esters is 1. The van der Waals surface area contributed by atoms with Crippen molar-refractivity contribution in [3.63, 3.8) is 0 Å². The second kappa shape index (κ2) is 6.15. The predicted octanol–water partition coefficient (Wildman–Crippen LogP) is 3.40. The summed E-state index contributed by atoms with van der Waals surface area (Å²) in [4.78, 5) is 39.0. The van der Waals surface area contributed by atoms with Gasteiger partial charge < -0.3 is 4.74 Å². The lowest BCUT2D eigenvalue weighted by Gasteiger charge is -2.56. The fourth-order valence-electron chi connectivity index (χ4n) is 4.93. The summed E-state index contributed by atoms with van der Waals surface area (Å²) in [5.41, 5.74) is 1.12. The van der Waals surface area contributed by atoms with Crippen molar-refractivity contribution in [2.75, 3.05) is 7.11 Å². The maximum Gasteiger partial charge on any atom is 0.321 e. The van der Waals surface area contributed by atoms with E-state index in [2.05, 4.69) is 0 Å². The van der Waals surface area contributed by atoms with Gasteiger partial charge >= 0.3 is 5.97 Å². The van der Waals surface area contributed by atoms with Crippen molar-refractivity contribution in [2.45, 2.75) is 13.8 Å². The maximum atomic E-state index is 13.3. The molecule has 4 nitrogen and oxygen atoms in total. The number of rotatable bonds is 3. The summed E-state index contributed by atoms with van der Waals surface area (Å²) < 4.78 is 5.00. The minimum Gasteiger partial charge on any atom is -0.468 e. The lowest BCUT2D eigenvalue weighted by Crippen LogP contribution is -2.68. The van der Waals surface area contributed by atoms with Gasteiger partial charge in [-0.2, -0.15) is 0 Å². The Kier molecular flexibility index (Phi) is 4.02. The number of benzene rings is 1. The van der Waals surface area contributed by atoms with Crippen molar-refractivity contribution in [3.05, 3.63) is 65.3 Å². The third kappa shape index (κ3) is 2.25. The predicted molar refractivity (Wildman–Crippen MR) is 101 cm³/mol. The van der Waals surface area contributed by atoms with Crippen LogP contribution in [0.25, 0.3) is 6.08 Å². The molecule has 3 aliphatic rings. The Hall–Kier alpha value is -2.75. The molecular weight excluding hydrogens is 340 g/mol. The van der Waals surface area contributed by atoms with Crippen LogP contribution >= 0.6 is 0 Å². The van der Waals surface area contributed by atoms with Crippen molar-refractivity contribution < 1.29 is 19.1 Å².